The summed E-state index contributed by atoms with van der Waals surface area (Å²) in [5.41, 5.74) is 0.903. The summed E-state index contributed by atoms with van der Waals surface area (Å²) in [7, 11) is -0.543. The van der Waals surface area contributed by atoms with Crippen LogP contribution >= 0.6 is 11.6 Å². The third-order valence-electron chi connectivity index (χ3n) is 5.74. The number of piperidine rings is 1. The molecule has 0 bridgehead atoms. The Morgan fingerprint density at radius 1 is 1.16 bits per heavy atom. The number of nitrogens with zero attached hydrogens (tertiary/aromatic N) is 1. The van der Waals surface area contributed by atoms with Crippen molar-refractivity contribution in [3.63, 3.8) is 0 Å². The monoisotopic (exact) mass is 480 g/mol. The molecule has 1 heterocycles. The van der Waals surface area contributed by atoms with E-state index >= 15 is 0 Å². The number of amides is 1. The van der Waals surface area contributed by atoms with Gasteiger partial charge in [0.25, 0.3) is 0 Å². The van der Waals surface area contributed by atoms with Gasteiger partial charge < -0.3 is 14.8 Å². The van der Waals surface area contributed by atoms with Crippen LogP contribution in [0.5, 0.6) is 11.5 Å². The van der Waals surface area contributed by atoms with Gasteiger partial charge in [0.1, 0.15) is 0 Å². The summed E-state index contributed by atoms with van der Waals surface area (Å²) < 4.78 is 38.1. The van der Waals surface area contributed by atoms with Crippen LogP contribution in [0.25, 0.3) is 0 Å². The molecule has 1 fully saturated rings. The van der Waals surface area contributed by atoms with Crippen molar-refractivity contribution in [3.8, 4) is 11.5 Å². The molecule has 1 saturated heterocycles. The number of hydrogen-bond donors (Lipinski definition) is 1. The summed E-state index contributed by atoms with van der Waals surface area (Å²) in [5.74, 6) is 0.644. The Morgan fingerprint density at radius 3 is 2.47 bits per heavy atom. The molecule has 2 aromatic carbocycles. The van der Waals surface area contributed by atoms with E-state index in [2.05, 4.69) is 5.32 Å². The highest BCUT2D eigenvalue weighted by Gasteiger charge is 2.34. The van der Waals surface area contributed by atoms with Crippen LogP contribution in [0.4, 0.5) is 0 Å². The first kappa shape index (κ1) is 24.4. The van der Waals surface area contributed by atoms with E-state index in [4.69, 9.17) is 21.1 Å². The van der Waals surface area contributed by atoms with Crippen molar-refractivity contribution in [3.05, 3.63) is 53.1 Å². The van der Waals surface area contributed by atoms with E-state index in [9.17, 15) is 13.2 Å². The molecule has 0 aliphatic carbocycles. The zero-order chi connectivity index (χ0) is 23.3. The first-order chi connectivity index (χ1) is 15.3. The van der Waals surface area contributed by atoms with Crippen LogP contribution in [-0.2, 0) is 14.8 Å². The van der Waals surface area contributed by atoms with Crippen LogP contribution in [0, 0.1) is 5.92 Å². The lowest BCUT2D eigenvalue weighted by Crippen LogP contribution is -2.46. The van der Waals surface area contributed by atoms with E-state index in [0.717, 1.165) is 5.56 Å². The van der Waals surface area contributed by atoms with Crippen molar-refractivity contribution in [2.45, 2.75) is 37.1 Å². The summed E-state index contributed by atoms with van der Waals surface area (Å²) in [5, 5.41) is 3.56. The topological polar surface area (TPSA) is 84.9 Å². The van der Waals surface area contributed by atoms with Gasteiger partial charge in [-0.1, -0.05) is 24.6 Å². The largest absolute Gasteiger partial charge is 0.493 e. The lowest BCUT2D eigenvalue weighted by atomic mass is 9.97. The Balaban J connectivity index is 1.72. The molecule has 2 aromatic rings. The van der Waals surface area contributed by atoms with Gasteiger partial charge in [-0.2, -0.15) is 4.31 Å². The predicted molar refractivity (Wildman–Crippen MR) is 124 cm³/mol. The van der Waals surface area contributed by atoms with Crippen LogP contribution < -0.4 is 14.8 Å². The van der Waals surface area contributed by atoms with Crippen LogP contribution in [0.15, 0.2) is 47.4 Å². The van der Waals surface area contributed by atoms with E-state index in [1.165, 1.54) is 16.4 Å². The second kappa shape index (κ2) is 10.6. The van der Waals surface area contributed by atoms with Crippen molar-refractivity contribution in [1.82, 2.24) is 9.62 Å². The molecule has 1 N–H and O–H groups in total. The average molecular weight is 481 g/mol. The van der Waals surface area contributed by atoms with Gasteiger partial charge >= 0.3 is 0 Å². The van der Waals surface area contributed by atoms with Gasteiger partial charge in [-0.3, -0.25) is 4.79 Å². The Hall–Kier alpha value is -2.29. The van der Waals surface area contributed by atoms with E-state index in [1.54, 1.807) is 26.4 Å². The van der Waals surface area contributed by atoms with Gasteiger partial charge in [-0.15, -0.1) is 0 Å². The van der Waals surface area contributed by atoms with Gasteiger partial charge in [0.15, 0.2) is 11.5 Å². The molecule has 1 amide bonds. The number of hydrogen-bond acceptors (Lipinski definition) is 5. The van der Waals surface area contributed by atoms with Crippen molar-refractivity contribution in [2.24, 2.45) is 5.92 Å². The predicted octanol–water partition coefficient (Wildman–Crippen LogP) is 4.03. The standard InChI is InChI=1S/C23H29ClN2O5S/c1-4-20(16-7-12-21(30-2)22(14-16)31-3)25-23(27)17-6-5-13-26(15-17)32(28,29)19-10-8-18(24)9-11-19/h7-12,14,17,20H,4-6,13,15H2,1-3H3,(H,25,27)/t17-,20-/m1/s1. The van der Waals surface area contributed by atoms with Gasteiger partial charge in [-0.05, 0) is 61.2 Å². The minimum Gasteiger partial charge on any atom is -0.493 e. The minimum absolute atomic E-state index is 0.150. The van der Waals surface area contributed by atoms with Crippen molar-refractivity contribution in [2.75, 3.05) is 27.3 Å². The van der Waals surface area contributed by atoms with Gasteiger partial charge in [0.05, 0.1) is 31.1 Å². The fourth-order valence-electron chi connectivity index (χ4n) is 3.91. The van der Waals surface area contributed by atoms with Crippen LogP contribution in [-0.4, -0.2) is 45.9 Å². The number of nitrogens with one attached hydrogen (secondary N) is 1. The molecule has 1 aliphatic heterocycles. The highest BCUT2D eigenvalue weighted by atomic mass is 35.5. The van der Waals surface area contributed by atoms with Gasteiger partial charge in [0.2, 0.25) is 15.9 Å². The lowest BCUT2D eigenvalue weighted by Gasteiger charge is -2.32. The number of halogens is 1. The smallest absolute Gasteiger partial charge is 0.243 e. The zero-order valence-corrected chi connectivity index (χ0v) is 20.1. The molecule has 0 aromatic heterocycles. The lowest BCUT2D eigenvalue weighted by molar-refractivity contribution is -0.126. The number of methoxy groups -OCH3 is 2. The van der Waals surface area contributed by atoms with Crippen molar-refractivity contribution < 1.29 is 22.7 Å². The number of benzene rings is 2. The van der Waals surface area contributed by atoms with Crippen LogP contribution in [0.1, 0.15) is 37.8 Å². The minimum atomic E-state index is -3.68. The molecule has 32 heavy (non-hydrogen) atoms. The Labute approximate surface area is 194 Å². The van der Waals surface area contributed by atoms with E-state index < -0.39 is 15.9 Å². The molecular weight excluding hydrogens is 452 g/mol. The third-order valence-corrected chi connectivity index (χ3v) is 7.87. The normalized spacial score (nSPS) is 18.1. The van der Waals surface area contributed by atoms with Gasteiger partial charge in [0, 0.05) is 18.1 Å². The number of carbonyl (C=O) groups is 1. The van der Waals surface area contributed by atoms with Crippen LogP contribution in [0.3, 0.4) is 0 Å². The maximum atomic E-state index is 13.1. The maximum absolute atomic E-state index is 13.1. The highest BCUT2D eigenvalue weighted by molar-refractivity contribution is 7.89. The molecule has 0 spiro atoms. The third kappa shape index (κ3) is 5.36. The summed E-state index contributed by atoms with van der Waals surface area (Å²) in [6, 6.07) is 11.4. The van der Waals surface area contributed by atoms with E-state index in [-0.39, 0.29) is 23.4 Å². The molecule has 174 valence electrons. The Bertz CT molecular complexity index is 1040. The summed E-state index contributed by atoms with van der Waals surface area (Å²) in [6.07, 6.45) is 1.94. The first-order valence-corrected chi connectivity index (χ1v) is 12.4. The van der Waals surface area contributed by atoms with E-state index in [1.807, 2.05) is 25.1 Å². The van der Waals surface area contributed by atoms with E-state index in [0.29, 0.717) is 42.3 Å². The summed E-state index contributed by atoms with van der Waals surface area (Å²) >= 11 is 5.88. The number of sulfonamides is 1. The number of ether oxygens (including phenoxy) is 2. The highest BCUT2D eigenvalue weighted by Crippen LogP contribution is 2.31. The maximum Gasteiger partial charge on any atom is 0.243 e. The average Bonchev–Trinajstić information content (AvgIpc) is 2.82. The Morgan fingerprint density at radius 2 is 1.84 bits per heavy atom. The molecule has 0 radical (unpaired) electrons. The molecule has 1 aliphatic rings. The fourth-order valence-corrected chi connectivity index (χ4v) is 5.56. The molecule has 9 heteroatoms. The molecule has 7 nitrogen and oxygen atoms in total. The van der Waals surface area contributed by atoms with Gasteiger partial charge in [-0.25, -0.2) is 8.42 Å². The molecular formula is C23H29ClN2O5S. The molecule has 0 unspecified atom stereocenters. The Kier molecular flexibility index (Phi) is 8.03. The number of carbonyl (C=O) groups excluding carboxylic acids is 1. The SMILES string of the molecule is CC[C@@H](NC(=O)[C@@H]1CCCN(S(=O)(=O)c2ccc(Cl)cc2)C1)c1ccc(OC)c(OC)c1. The summed E-state index contributed by atoms with van der Waals surface area (Å²) in [4.78, 5) is 13.2. The van der Waals surface area contributed by atoms with Crippen molar-refractivity contribution >= 4 is 27.5 Å². The quantitative estimate of drug-likeness (QED) is 0.616. The fraction of sp³-hybridized carbons (Fsp3) is 0.435. The van der Waals surface area contributed by atoms with Crippen LogP contribution in [0.2, 0.25) is 5.02 Å². The molecule has 3 rings (SSSR count). The summed E-state index contributed by atoms with van der Waals surface area (Å²) in [6.45, 7) is 2.53. The second-order valence-corrected chi connectivity index (χ2v) is 10.1. The second-order valence-electron chi connectivity index (χ2n) is 7.74. The molecule has 2 atom stereocenters. The first-order valence-electron chi connectivity index (χ1n) is 10.6. The zero-order valence-electron chi connectivity index (χ0n) is 18.5. The molecule has 0 saturated carbocycles. The number of rotatable bonds is 8. The van der Waals surface area contributed by atoms with Crippen molar-refractivity contribution in [1.29, 1.82) is 0 Å².